The summed E-state index contributed by atoms with van der Waals surface area (Å²) < 4.78 is 1.26. The number of rotatable bonds is 3. The predicted molar refractivity (Wildman–Crippen MR) is 102 cm³/mol. The summed E-state index contributed by atoms with van der Waals surface area (Å²) in [5.41, 5.74) is 1.10. The van der Waals surface area contributed by atoms with E-state index in [0.717, 1.165) is 50.5 Å². The van der Waals surface area contributed by atoms with Crippen LogP contribution in [0.25, 0.3) is 10.2 Å². The summed E-state index contributed by atoms with van der Waals surface area (Å²) in [6, 6.07) is 8.35. The van der Waals surface area contributed by atoms with E-state index < -0.39 is 0 Å². The molecule has 2 fully saturated rings. The van der Waals surface area contributed by atoms with Gasteiger partial charge in [0.15, 0.2) is 6.54 Å². The summed E-state index contributed by atoms with van der Waals surface area (Å²) in [4.78, 5) is 21.2. The molecule has 1 amide bonds. The zero-order valence-corrected chi connectivity index (χ0v) is 15.9. The minimum Gasteiger partial charge on any atom is -0.337 e. The van der Waals surface area contributed by atoms with Gasteiger partial charge in [-0.1, -0.05) is 19.1 Å². The molecule has 2 aromatic rings. The van der Waals surface area contributed by atoms with Gasteiger partial charge in [0.1, 0.15) is 0 Å². The van der Waals surface area contributed by atoms with Gasteiger partial charge in [-0.2, -0.15) is 0 Å². The second kappa shape index (κ2) is 7.42. The van der Waals surface area contributed by atoms with Crippen LogP contribution in [0.1, 0.15) is 43.5 Å². The van der Waals surface area contributed by atoms with E-state index in [9.17, 15) is 4.79 Å². The van der Waals surface area contributed by atoms with E-state index in [4.69, 9.17) is 4.98 Å². The number of carbonyl (C=O) groups excluding carboxylic acids is 1. The number of aromatic nitrogens is 1. The Morgan fingerprint density at radius 1 is 1.28 bits per heavy atom. The zero-order valence-electron chi connectivity index (χ0n) is 15.0. The highest BCUT2D eigenvalue weighted by molar-refractivity contribution is 7.18. The van der Waals surface area contributed by atoms with Crippen LogP contribution in [0.2, 0.25) is 0 Å². The van der Waals surface area contributed by atoms with Gasteiger partial charge in [-0.25, -0.2) is 4.98 Å². The largest absolute Gasteiger partial charge is 0.337 e. The highest BCUT2D eigenvalue weighted by Crippen LogP contribution is 2.32. The molecular formula is C20H28N3OS+. The SMILES string of the molecule is CC1CC[NH+](CC(=O)N2CCC[C@H](c3nc4ccccc4s3)C2)CC1. The first-order valence-electron chi connectivity index (χ1n) is 9.66. The number of nitrogens with zero attached hydrogens (tertiary/aromatic N) is 2. The van der Waals surface area contributed by atoms with E-state index in [0.29, 0.717) is 18.4 Å². The van der Waals surface area contributed by atoms with E-state index in [1.165, 1.54) is 27.4 Å². The Morgan fingerprint density at radius 2 is 2.08 bits per heavy atom. The molecule has 134 valence electrons. The lowest BCUT2D eigenvalue weighted by Gasteiger charge is -2.33. The molecule has 1 N–H and O–H groups in total. The standard InChI is InChI=1S/C20H27N3OS/c1-15-8-11-22(12-9-15)14-19(24)23-10-4-5-16(13-23)20-21-17-6-2-3-7-18(17)25-20/h2-3,6-7,15-16H,4-5,8-14H2,1H3/p+1/t16-/m0/s1. The van der Waals surface area contributed by atoms with E-state index >= 15 is 0 Å². The molecule has 2 aliphatic rings. The molecule has 1 aromatic heterocycles. The van der Waals surface area contributed by atoms with Crippen molar-refractivity contribution in [2.45, 2.75) is 38.5 Å². The van der Waals surface area contributed by atoms with Crippen LogP contribution in [0.5, 0.6) is 0 Å². The van der Waals surface area contributed by atoms with Crippen LogP contribution in [-0.4, -0.2) is 48.5 Å². The van der Waals surface area contributed by atoms with Crippen LogP contribution >= 0.6 is 11.3 Å². The fourth-order valence-corrected chi connectivity index (χ4v) is 5.24. The fraction of sp³-hybridized carbons (Fsp3) is 0.600. The molecule has 0 unspecified atom stereocenters. The third-order valence-electron chi connectivity index (χ3n) is 5.82. The van der Waals surface area contributed by atoms with Crippen molar-refractivity contribution in [3.05, 3.63) is 29.3 Å². The number of quaternary nitrogens is 1. The Kier molecular flexibility index (Phi) is 5.04. The van der Waals surface area contributed by atoms with Crippen LogP contribution in [0.3, 0.4) is 0 Å². The third-order valence-corrected chi connectivity index (χ3v) is 7.02. The average molecular weight is 359 g/mol. The van der Waals surface area contributed by atoms with E-state index in [2.05, 4.69) is 30.0 Å². The lowest BCUT2D eigenvalue weighted by Crippen LogP contribution is -3.14. The molecule has 5 heteroatoms. The second-order valence-electron chi connectivity index (χ2n) is 7.81. The summed E-state index contributed by atoms with van der Waals surface area (Å²) >= 11 is 1.80. The van der Waals surface area contributed by atoms with Gasteiger partial charge < -0.3 is 9.80 Å². The molecule has 2 aliphatic heterocycles. The lowest BCUT2D eigenvalue weighted by molar-refractivity contribution is -0.898. The number of hydrogen-bond donors (Lipinski definition) is 1. The minimum absolute atomic E-state index is 0.343. The summed E-state index contributed by atoms with van der Waals surface area (Å²) in [5.74, 6) is 1.58. The molecule has 0 bridgehead atoms. The van der Waals surface area contributed by atoms with Crippen molar-refractivity contribution in [1.82, 2.24) is 9.88 Å². The summed E-state index contributed by atoms with van der Waals surface area (Å²) in [6.45, 7) is 7.08. The van der Waals surface area contributed by atoms with Crippen molar-refractivity contribution in [3.8, 4) is 0 Å². The molecule has 0 saturated carbocycles. The maximum atomic E-state index is 12.8. The predicted octanol–water partition coefficient (Wildman–Crippen LogP) is 2.32. The molecule has 0 radical (unpaired) electrons. The summed E-state index contributed by atoms with van der Waals surface area (Å²) in [7, 11) is 0. The zero-order chi connectivity index (χ0) is 17.2. The molecular weight excluding hydrogens is 330 g/mol. The summed E-state index contributed by atoms with van der Waals surface area (Å²) in [5, 5.41) is 1.21. The molecule has 0 spiro atoms. The molecule has 2 saturated heterocycles. The van der Waals surface area contributed by atoms with Gasteiger partial charge in [-0.15, -0.1) is 11.3 Å². The second-order valence-corrected chi connectivity index (χ2v) is 8.87. The maximum absolute atomic E-state index is 12.8. The number of benzene rings is 1. The van der Waals surface area contributed by atoms with Gasteiger partial charge in [0.2, 0.25) is 0 Å². The Hall–Kier alpha value is -1.46. The number of carbonyl (C=O) groups is 1. The molecule has 0 aliphatic carbocycles. The number of nitrogens with one attached hydrogen (secondary N) is 1. The smallest absolute Gasteiger partial charge is 0.277 e. The van der Waals surface area contributed by atoms with Crippen molar-refractivity contribution >= 4 is 27.5 Å². The van der Waals surface area contributed by atoms with Crippen LogP contribution < -0.4 is 4.90 Å². The Bertz CT molecular complexity index is 702. The van der Waals surface area contributed by atoms with E-state index in [-0.39, 0.29) is 0 Å². The Morgan fingerprint density at radius 3 is 2.88 bits per heavy atom. The molecule has 1 aromatic carbocycles. The highest BCUT2D eigenvalue weighted by Gasteiger charge is 2.29. The average Bonchev–Trinajstić information content (AvgIpc) is 3.08. The topological polar surface area (TPSA) is 37.6 Å². The maximum Gasteiger partial charge on any atom is 0.277 e. The van der Waals surface area contributed by atoms with Gasteiger partial charge >= 0.3 is 0 Å². The van der Waals surface area contributed by atoms with Gasteiger partial charge in [-0.05, 0) is 43.7 Å². The molecule has 4 rings (SSSR count). The van der Waals surface area contributed by atoms with Crippen molar-refractivity contribution in [3.63, 3.8) is 0 Å². The molecule has 1 atom stereocenters. The van der Waals surface area contributed by atoms with Crippen molar-refractivity contribution in [2.75, 3.05) is 32.7 Å². The number of fused-ring (bicyclic) bond motifs is 1. The monoisotopic (exact) mass is 358 g/mol. The first-order chi connectivity index (χ1) is 12.2. The lowest BCUT2D eigenvalue weighted by atomic mass is 9.98. The number of thiazole rings is 1. The van der Waals surface area contributed by atoms with Gasteiger partial charge in [0.05, 0.1) is 28.3 Å². The highest BCUT2D eigenvalue weighted by atomic mass is 32.1. The van der Waals surface area contributed by atoms with Crippen molar-refractivity contribution in [2.24, 2.45) is 5.92 Å². The molecule has 4 nitrogen and oxygen atoms in total. The molecule has 3 heterocycles. The van der Waals surface area contributed by atoms with Gasteiger partial charge in [0, 0.05) is 19.0 Å². The number of para-hydroxylation sites is 1. The fourth-order valence-electron chi connectivity index (χ4n) is 4.14. The number of likely N-dealkylation sites (tertiary alicyclic amines) is 2. The van der Waals surface area contributed by atoms with E-state index in [1.807, 2.05) is 6.07 Å². The van der Waals surface area contributed by atoms with Gasteiger partial charge in [0.25, 0.3) is 5.91 Å². The van der Waals surface area contributed by atoms with Crippen LogP contribution in [0, 0.1) is 5.92 Å². The number of hydrogen-bond acceptors (Lipinski definition) is 3. The Labute approximate surface area is 153 Å². The summed E-state index contributed by atoms with van der Waals surface area (Å²) in [6.07, 6.45) is 4.77. The Balaban J connectivity index is 1.39. The van der Waals surface area contributed by atoms with Gasteiger partial charge in [-0.3, -0.25) is 4.79 Å². The minimum atomic E-state index is 0.343. The quantitative estimate of drug-likeness (QED) is 0.914. The van der Waals surface area contributed by atoms with Crippen LogP contribution in [0.15, 0.2) is 24.3 Å². The first kappa shape index (κ1) is 17.0. The van der Waals surface area contributed by atoms with Crippen molar-refractivity contribution < 1.29 is 9.69 Å². The van der Waals surface area contributed by atoms with Crippen LogP contribution in [0.4, 0.5) is 0 Å². The molecule has 25 heavy (non-hydrogen) atoms. The van der Waals surface area contributed by atoms with E-state index in [1.54, 1.807) is 11.3 Å². The first-order valence-corrected chi connectivity index (χ1v) is 10.5. The number of amides is 1. The number of piperidine rings is 2. The van der Waals surface area contributed by atoms with Crippen LogP contribution in [-0.2, 0) is 4.79 Å². The third kappa shape index (κ3) is 3.87. The normalized spacial score (nSPS) is 27.6. The van der Waals surface area contributed by atoms with Crippen molar-refractivity contribution in [1.29, 1.82) is 0 Å².